The molecule has 0 aliphatic rings. The molecule has 0 aliphatic carbocycles. The third-order valence-electron chi connectivity index (χ3n) is 2.97. The van der Waals surface area contributed by atoms with Crippen LogP contribution >= 0.6 is 0 Å². The van der Waals surface area contributed by atoms with Crippen LogP contribution in [0.2, 0.25) is 0 Å². The van der Waals surface area contributed by atoms with Crippen molar-refractivity contribution in [3.63, 3.8) is 0 Å². The first-order valence-electron chi connectivity index (χ1n) is 6.18. The number of rotatable bonds is 4. The maximum absolute atomic E-state index is 13.6. The number of hydrogen-bond donors (Lipinski definition) is 1. The van der Waals surface area contributed by atoms with Gasteiger partial charge in [0.25, 0.3) is 0 Å². The highest BCUT2D eigenvalue weighted by Crippen LogP contribution is 2.19. The van der Waals surface area contributed by atoms with Gasteiger partial charge in [-0.3, -0.25) is 0 Å². The van der Waals surface area contributed by atoms with E-state index in [0.717, 1.165) is 5.56 Å². The van der Waals surface area contributed by atoms with Crippen LogP contribution in [0, 0.1) is 28.5 Å². The second-order valence-electron chi connectivity index (χ2n) is 4.31. The zero-order valence-electron chi connectivity index (χ0n) is 11.4. The van der Waals surface area contributed by atoms with E-state index in [0.29, 0.717) is 23.4 Å². The van der Waals surface area contributed by atoms with E-state index in [2.05, 4.69) is 5.32 Å². The minimum atomic E-state index is -0.422. The Morgan fingerprint density at radius 1 is 1.10 bits per heavy atom. The van der Waals surface area contributed by atoms with Crippen LogP contribution in [0.25, 0.3) is 0 Å². The Balaban J connectivity index is 2.12. The van der Waals surface area contributed by atoms with Gasteiger partial charge in [-0.25, -0.2) is 4.39 Å². The topological polar surface area (TPSA) is 68.8 Å². The third-order valence-corrected chi connectivity index (χ3v) is 2.97. The second-order valence-corrected chi connectivity index (χ2v) is 4.31. The SMILES string of the molecule is COc1ccc(CNc2ccc(C#N)c(C#N)c2)cc1F. The minimum Gasteiger partial charge on any atom is -0.494 e. The molecule has 4 nitrogen and oxygen atoms in total. The molecule has 0 aliphatic heterocycles. The van der Waals surface area contributed by atoms with Gasteiger partial charge >= 0.3 is 0 Å². The quantitative estimate of drug-likeness (QED) is 0.934. The van der Waals surface area contributed by atoms with Gasteiger partial charge in [0, 0.05) is 12.2 Å². The van der Waals surface area contributed by atoms with Crippen LogP contribution in [0.1, 0.15) is 16.7 Å². The summed E-state index contributed by atoms with van der Waals surface area (Å²) in [5, 5.41) is 20.9. The number of ether oxygens (including phenoxy) is 1. The fourth-order valence-corrected chi connectivity index (χ4v) is 1.87. The molecule has 0 unspecified atom stereocenters. The highest BCUT2D eigenvalue weighted by Gasteiger charge is 2.05. The molecule has 2 aromatic carbocycles. The van der Waals surface area contributed by atoms with Crippen molar-refractivity contribution >= 4 is 5.69 Å². The molecule has 5 heteroatoms. The van der Waals surface area contributed by atoms with Crippen molar-refractivity contribution < 1.29 is 9.13 Å². The van der Waals surface area contributed by atoms with Crippen LogP contribution in [-0.4, -0.2) is 7.11 Å². The van der Waals surface area contributed by atoms with Crippen LogP contribution < -0.4 is 10.1 Å². The molecule has 0 saturated heterocycles. The lowest BCUT2D eigenvalue weighted by atomic mass is 10.1. The zero-order chi connectivity index (χ0) is 15.2. The Morgan fingerprint density at radius 2 is 1.86 bits per heavy atom. The molecule has 0 radical (unpaired) electrons. The number of anilines is 1. The third kappa shape index (κ3) is 3.29. The van der Waals surface area contributed by atoms with Crippen LogP contribution in [0.5, 0.6) is 5.75 Å². The monoisotopic (exact) mass is 281 g/mol. The van der Waals surface area contributed by atoms with E-state index in [-0.39, 0.29) is 5.75 Å². The minimum absolute atomic E-state index is 0.198. The maximum atomic E-state index is 13.6. The first kappa shape index (κ1) is 14.4. The van der Waals surface area contributed by atoms with E-state index >= 15 is 0 Å². The van der Waals surface area contributed by atoms with E-state index in [1.54, 1.807) is 30.3 Å². The number of nitriles is 2. The first-order chi connectivity index (χ1) is 10.2. The molecule has 0 saturated carbocycles. The molecule has 0 atom stereocenters. The van der Waals surface area contributed by atoms with Crippen molar-refractivity contribution in [1.82, 2.24) is 0 Å². The molecule has 21 heavy (non-hydrogen) atoms. The van der Waals surface area contributed by atoms with Gasteiger partial charge < -0.3 is 10.1 Å². The van der Waals surface area contributed by atoms with E-state index in [1.807, 2.05) is 12.1 Å². The number of hydrogen-bond acceptors (Lipinski definition) is 4. The summed E-state index contributed by atoms with van der Waals surface area (Å²) in [5.74, 6) is -0.224. The molecule has 0 amide bonds. The molecule has 0 heterocycles. The van der Waals surface area contributed by atoms with Gasteiger partial charge in [0.05, 0.1) is 18.2 Å². The Labute approximate surface area is 122 Å². The number of benzene rings is 2. The van der Waals surface area contributed by atoms with Gasteiger partial charge in [-0.15, -0.1) is 0 Å². The first-order valence-corrected chi connectivity index (χ1v) is 6.18. The predicted octanol–water partition coefficient (Wildman–Crippen LogP) is 3.19. The summed E-state index contributed by atoms with van der Waals surface area (Å²) < 4.78 is 18.4. The molecule has 1 N–H and O–H groups in total. The number of methoxy groups -OCH3 is 1. The molecular formula is C16H12FN3O. The average molecular weight is 281 g/mol. The highest BCUT2D eigenvalue weighted by molar-refractivity contribution is 5.56. The molecule has 0 fully saturated rings. The Morgan fingerprint density at radius 3 is 2.48 bits per heavy atom. The largest absolute Gasteiger partial charge is 0.494 e. The number of halogens is 1. The van der Waals surface area contributed by atoms with Crippen molar-refractivity contribution in [3.8, 4) is 17.9 Å². The molecule has 0 bridgehead atoms. The van der Waals surface area contributed by atoms with Crippen molar-refractivity contribution in [2.75, 3.05) is 12.4 Å². The van der Waals surface area contributed by atoms with Gasteiger partial charge in [0.15, 0.2) is 11.6 Å². The average Bonchev–Trinajstić information content (AvgIpc) is 2.52. The fourth-order valence-electron chi connectivity index (χ4n) is 1.87. The maximum Gasteiger partial charge on any atom is 0.165 e. The Bertz CT molecular complexity index is 744. The number of nitrogens with zero attached hydrogens (tertiary/aromatic N) is 2. The van der Waals surface area contributed by atoms with Gasteiger partial charge in [0.2, 0.25) is 0 Å². The van der Waals surface area contributed by atoms with Crippen LogP contribution in [-0.2, 0) is 6.54 Å². The van der Waals surface area contributed by atoms with Crippen molar-refractivity contribution in [1.29, 1.82) is 10.5 Å². The lowest BCUT2D eigenvalue weighted by Crippen LogP contribution is -2.01. The molecular weight excluding hydrogens is 269 g/mol. The number of nitrogens with one attached hydrogen (secondary N) is 1. The van der Waals surface area contributed by atoms with E-state index in [1.165, 1.54) is 13.2 Å². The summed E-state index contributed by atoms with van der Waals surface area (Å²) in [6, 6.07) is 13.5. The summed E-state index contributed by atoms with van der Waals surface area (Å²) in [5.41, 5.74) is 2.08. The van der Waals surface area contributed by atoms with E-state index in [4.69, 9.17) is 15.3 Å². The smallest absolute Gasteiger partial charge is 0.165 e. The van der Waals surface area contributed by atoms with Crippen molar-refractivity contribution in [2.24, 2.45) is 0 Å². The van der Waals surface area contributed by atoms with Crippen LogP contribution in [0.15, 0.2) is 36.4 Å². The molecule has 0 aromatic heterocycles. The van der Waals surface area contributed by atoms with E-state index in [9.17, 15) is 4.39 Å². The van der Waals surface area contributed by atoms with E-state index < -0.39 is 5.82 Å². The Kier molecular flexibility index (Phi) is 4.38. The van der Waals surface area contributed by atoms with Crippen molar-refractivity contribution in [3.05, 3.63) is 58.9 Å². The lowest BCUT2D eigenvalue weighted by molar-refractivity contribution is 0.386. The summed E-state index contributed by atoms with van der Waals surface area (Å²) >= 11 is 0. The predicted molar refractivity (Wildman–Crippen MR) is 76.2 cm³/mol. The summed E-state index contributed by atoms with van der Waals surface area (Å²) in [4.78, 5) is 0. The van der Waals surface area contributed by atoms with Gasteiger partial charge in [-0.05, 0) is 35.9 Å². The highest BCUT2D eigenvalue weighted by atomic mass is 19.1. The zero-order valence-corrected chi connectivity index (χ0v) is 11.4. The second kappa shape index (κ2) is 6.40. The molecule has 2 aromatic rings. The molecule has 0 spiro atoms. The van der Waals surface area contributed by atoms with Gasteiger partial charge in [-0.1, -0.05) is 6.07 Å². The van der Waals surface area contributed by atoms with Gasteiger partial charge in [-0.2, -0.15) is 10.5 Å². The fraction of sp³-hybridized carbons (Fsp3) is 0.125. The molecule has 2 rings (SSSR count). The summed E-state index contributed by atoms with van der Waals surface area (Å²) in [6.07, 6.45) is 0. The normalized spacial score (nSPS) is 9.52. The summed E-state index contributed by atoms with van der Waals surface area (Å²) in [6.45, 7) is 0.400. The standard InChI is InChI=1S/C16H12FN3O/c1-21-16-5-2-11(6-15(16)17)10-20-14-4-3-12(8-18)13(7-14)9-19/h2-7,20H,10H2,1H3. The molecule has 104 valence electrons. The van der Waals surface area contributed by atoms with Gasteiger partial charge in [0.1, 0.15) is 12.1 Å². The summed E-state index contributed by atoms with van der Waals surface area (Å²) in [7, 11) is 1.41. The van der Waals surface area contributed by atoms with Crippen molar-refractivity contribution in [2.45, 2.75) is 6.54 Å². The Hall–Kier alpha value is -3.05. The van der Waals surface area contributed by atoms with Crippen LogP contribution in [0.3, 0.4) is 0 Å². The van der Waals surface area contributed by atoms with Crippen LogP contribution in [0.4, 0.5) is 10.1 Å². The lowest BCUT2D eigenvalue weighted by Gasteiger charge is -2.09.